The summed E-state index contributed by atoms with van der Waals surface area (Å²) in [5, 5.41) is 0. The Bertz CT molecular complexity index is 348. The lowest BCUT2D eigenvalue weighted by Crippen LogP contribution is -2.27. The molecule has 1 rings (SSSR count). The molecule has 0 amide bonds. The van der Waals surface area contributed by atoms with Crippen LogP contribution in [0.1, 0.15) is 129 Å². The van der Waals surface area contributed by atoms with Crippen molar-refractivity contribution in [1.82, 2.24) is 0 Å². The third-order valence-electron chi connectivity index (χ3n) is 6.33. The van der Waals surface area contributed by atoms with Crippen LogP contribution in [0.15, 0.2) is 0 Å². The second-order valence-corrected chi connectivity index (χ2v) is 8.83. The first kappa shape index (κ1) is 25.5. The zero-order valence-electron chi connectivity index (χ0n) is 19.0. The molecule has 0 bridgehead atoms. The number of rotatable bonds is 18. The van der Waals surface area contributed by atoms with Crippen LogP contribution in [0.2, 0.25) is 0 Å². The molecule has 0 aromatic rings. The maximum Gasteiger partial charge on any atom is 0.308 e. The Morgan fingerprint density at radius 2 is 1.11 bits per heavy atom. The Labute approximate surface area is 175 Å². The van der Waals surface area contributed by atoms with Gasteiger partial charge in [-0.2, -0.15) is 0 Å². The Balaban J connectivity index is 1.77. The van der Waals surface area contributed by atoms with Crippen molar-refractivity contribution >= 4 is 5.97 Å². The van der Waals surface area contributed by atoms with Gasteiger partial charge in [0.2, 0.25) is 0 Å². The number of hydrogen-bond acceptors (Lipinski definition) is 3. The van der Waals surface area contributed by atoms with Crippen molar-refractivity contribution in [3.05, 3.63) is 0 Å². The van der Waals surface area contributed by atoms with E-state index in [0.29, 0.717) is 12.7 Å². The summed E-state index contributed by atoms with van der Waals surface area (Å²) in [6.45, 7) is 2.89. The lowest BCUT2D eigenvalue weighted by molar-refractivity contribution is -0.150. The van der Waals surface area contributed by atoms with Crippen LogP contribution in [-0.4, -0.2) is 25.8 Å². The van der Waals surface area contributed by atoms with E-state index in [-0.39, 0.29) is 11.9 Å². The van der Waals surface area contributed by atoms with Gasteiger partial charge in [0.15, 0.2) is 0 Å². The molecule has 0 radical (unpaired) electrons. The topological polar surface area (TPSA) is 35.5 Å². The van der Waals surface area contributed by atoms with Gasteiger partial charge in [-0.05, 0) is 32.1 Å². The van der Waals surface area contributed by atoms with Gasteiger partial charge < -0.3 is 9.47 Å². The lowest BCUT2D eigenvalue weighted by atomic mass is 9.87. The van der Waals surface area contributed by atoms with Crippen molar-refractivity contribution in [2.75, 3.05) is 13.7 Å². The summed E-state index contributed by atoms with van der Waals surface area (Å²) >= 11 is 0. The molecule has 0 spiro atoms. The maximum atomic E-state index is 12.1. The van der Waals surface area contributed by atoms with Gasteiger partial charge in [-0.15, -0.1) is 0 Å². The molecule has 1 fully saturated rings. The van der Waals surface area contributed by atoms with E-state index in [4.69, 9.17) is 9.47 Å². The highest BCUT2D eigenvalue weighted by Gasteiger charge is 2.27. The van der Waals surface area contributed by atoms with E-state index in [9.17, 15) is 4.79 Å². The maximum absolute atomic E-state index is 12.1. The molecule has 0 aliphatic heterocycles. The number of carbonyl (C=O) groups excluding carboxylic acids is 1. The van der Waals surface area contributed by atoms with Crippen LogP contribution in [0.5, 0.6) is 0 Å². The SMILES string of the molecule is CCCCCCCCCCCCCCCCCOC(=O)C1CCC(OC)CC1. The van der Waals surface area contributed by atoms with Gasteiger partial charge in [-0.25, -0.2) is 0 Å². The summed E-state index contributed by atoms with van der Waals surface area (Å²) < 4.78 is 10.8. The van der Waals surface area contributed by atoms with E-state index >= 15 is 0 Å². The second-order valence-electron chi connectivity index (χ2n) is 8.83. The Hall–Kier alpha value is -0.570. The minimum Gasteiger partial charge on any atom is -0.465 e. The average molecular weight is 397 g/mol. The molecule has 0 N–H and O–H groups in total. The van der Waals surface area contributed by atoms with Crippen LogP contribution >= 0.6 is 0 Å². The fourth-order valence-corrected chi connectivity index (χ4v) is 4.30. The third kappa shape index (κ3) is 13.6. The Morgan fingerprint density at radius 1 is 0.679 bits per heavy atom. The number of ether oxygens (including phenoxy) is 2. The number of unbranched alkanes of at least 4 members (excludes halogenated alkanes) is 14. The van der Waals surface area contributed by atoms with Crippen molar-refractivity contribution in [2.45, 2.75) is 135 Å². The van der Waals surface area contributed by atoms with Crippen LogP contribution in [-0.2, 0) is 14.3 Å². The summed E-state index contributed by atoms with van der Waals surface area (Å²) in [7, 11) is 1.76. The van der Waals surface area contributed by atoms with Gasteiger partial charge in [0.1, 0.15) is 0 Å². The number of carbonyl (C=O) groups is 1. The molecule has 0 aromatic carbocycles. The highest BCUT2D eigenvalue weighted by atomic mass is 16.5. The normalized spacial score (nSPS) is 19.6. The van der Waals surface area contributed by atoms with E-state index in [1.54, 1.807) is 7.11 Å². The van der Waals surface area contributed by atoms with E-state index in [1.807, 2.05) is 0 Å². The quantitative estimate of drug-likeness (QED) is 0.177. The second kappa shape index (κ2) is 18.5. The molecule has 1 aliphatic rings. The first-order chi connectivity index (χ1) is 13.8. The zero-order chi connectivity index (χ0) is 20.3. The molecule has 1 aliphatic carbocycles. The Morgan fingerprint density at radius 3 is 1.54 bits per heavy atom. The van der Waals surface area contributed by atoms with Gasteiger partial charge in [-0.1, -0.05) is 96.8 Å². The molecule has 0 heterocycles. The van der Waals surface area contributed by atoms with Crippen molar-refractivity contribution in [3.63, 3.8) is 0 Å². The standard InChI is InChI=1S/C25H48O3/c1-3-4-5-6-7-8-9-10-11-12-13-14-15-16-17-22-28-25(26)23-18-20-24(27-2)21-19-23/h23-24H,3-22H2,1-2H3. The fourth-order valence-electron chi connectivity index (χ4n) is 4.30. The van der Waals surface area contributed by atoms with Gasteiger partial charge in [0.05, 0.1) is 18.6 Å². The lowest BCUT2D eigenvalue weighted by Gasteiger charge is -2.26. The molecular formula is C25H48O3. The summed E-state index contributed by atoms with van der Waals surface area (Å²) in [4.78, 5) is 12.1. The summed E-state index contributed by atoms with van der Waals surface area (Å²) in [6, 6.07) is 0. The van der Waals surface area contributed by atoms with Gasteiger partial charge in [0.25, 0.3) is 0 Å². The molecule has 3 heteroatoms. The van der Waals surface area contributed by atoms with Crippen LogP contribution in [0.4, 0.5) is 0 Å². The van der Waals surface area contributed by atoms with E-state index in [2.05, 4.69) is 6.92 Å². The zero-order valence-corrected chi connectivity index (χ0v) is 19.0. The van der Waals surface area contributed by atoms with Gasteiger partial charge in [-0.3, -0.25) is 4.79 Å². The number of hydrogen-bond donors (Lipinski definition) is 0. The monoisotopic (exact) mass is 396 g/mol. The summed E-state index contributed by atoms with van der Waals surface area (Å²) in [5.74, 6) is 0.141. The van der Waals surface area contributed by atoms with Crippen molar-refractivity contribution < 1.29 is 14.3 Å². The highest BCUT2D eigenvalue weighted by molar-refractivity contribution is 5.72. The van der Waals surface area contributed by atoms with Gasteiger partial charge >= 0.3 is 5.97 Å². The first-order valence-corrected chi connectivity index (χ1v) is 12.5. The Kier molecular flexibility index (Phi) is 16.8. The van der Waals surface area contributed by atoms with E-state index in [0.717, 1.165) is 32.1 Å². The minimum atomic E-state index is 0.0277. The molecule has 0 unspecified atom stereocenters. The van der Waals surface area contributed by atoms with Crippen molar-refractivity contribution in [2.24, 2.45) is 5.92 Å². The van der Waals surface area contributed by atoms with E-state index < -0.39 is 0 Å². The average Bonchev–Trinajstić information content (AvgIpc) is 2.73. The molecule has 166 valence electrons. The number of methoxy groups -OCH3 is 1. The number of esters is 1. The molecule has 3 nitrogen and oxygen atoms in total. The van der Waals surface area contributed by atoms with Crippen molar-refractivity contribution in [3.8, 4) is 0 Å². The third-order valence-corrected chi connectivity index (χ3v) is 6.33. The molecule has 0 atom stereocenters. The van der Waals surface area contributed by atoms with Crippen LogP contribution < -0.4 is 0 Å². The van der Waals surface area contributed by atoms with Crippen LogP contribution in [0.25, 0.3) is 0 Å². The van der Waals surface area contributed by atoms with Gasteiger partial charge in [0, 0.05) is 7.11 Å². The summed E-state index contributed by atoms with van der Waals surface area (Å²) in [6.07, 6.45) is 24.6. The summed E-state index contributed by atoms with van der Waals surface area (Å²) in [5.41, 5.74) is 0. The predicted octanol–water partition coefficient (Wildman–Crippen LogP) is 7.61. The molecule has 28 heavy (non-hydrogen) atoms. The first-order valence-electron chi connectivity index (χ1n) is 12.5. The van der Waals surface area contributed by atoms with Crippen LogP contribution in [0, 0.1) is 5.92 Å². The van der Waals surface area contributed by atoms with E-state index in [1.165, 1.54) is 89.9 Å². The largest absolute Gasteiger partial charge is 0.465 e. The predicted molar refractivity (Wildman–Crippen MR) is 119 cm³/mol. The minimum absolute atomic E-state index is 0.0277. The highest BCUT2D eigenvalue weighted by Crippen LogP contribution is 2.26. The molecule has 0 aromatic heterocycles. The molecular weight excluding hydrogens is 348 g/mol. The fraction of sp³-hybridized carbons (Fsp3) is 0.960. The van der Waals surface area contributed by atoms with Crippen LogP contribution in [0.3, 0.4) is 0 Å². The van der Waals surface area contributed by atoms with Crippen molar-refractivity contribution in [1.29, 1.82) is 0 Å². The molecule has 0 saturated heterocycles. The smallest absolute Gasteiger partial charge is 0.308 e. The molecule has 1 saturated carbocycles.